The standard InChI is InChI=1S/C28H39O7P/c1-27(2,32)25(30)23-9-5-21(6-10-23)19-34-14-17-36(16-13-29)18-15-35-20-22-7-11-24(12-8-22)26(31)28(3,4)33/h5-12,29,32-33H,13-20H2,1-4H3. The number of rotatable bonds is 16. The van der Waals surface area contributed by atoms with Gasteiger partial charge in [0.25, 0.3) is 0 Å². The van der Waals surface area contributed by atoms with Gasteiger partial charge in [-0.2, -0.15) is 0 Å². The molecule has 0 aliphatic carbocycles. The van der Waals surface area contributed by atoms with Crippen LogP contribution in [0.4, 0.5) is 0 Å². The summed E-state index contributed by atoms with van der Waals surface area (Å²) in [5.74, 6) is -0.630. The van der Waals surface area contributed by atoms with Crippen molar-refractivity contribution in [3.05, 3.63) is 70.8 Å². The second kappa shape index (κ2) is 14.1. The molecule has 8 heteroatoms. The molecule has 2 rings (SSSR count). The van der Waals surface area contributed by atoms with Gasteiger partial charge in [0.1, 0.15) is 11.2 Å². The van der Waals surface area contributed by atoms with Crippen LogP contribution in [0.3, 0.4) is 0 Å². The van der Waals surface area contributed by atoms with Crippen molar-refractivity contribution >= 4 is 19.5 Å². The Balaban J connectivity index is 1.70. The molecule has 2 aromatic rings. The van der Waals surface area contributed by atoms with Gasteiger partial charge in [-0.15, -0.1) is 0 Å². The van der Waals surface area contributed by atoms with E-state index in [4.69, 9.17) is 9.47 Å². The van der Waals surface area contributed by atoms with E-state index < -0.39 is 19.1 Å². The molecule has 0 aromatic heterocycles. The van der Waals surface area contributed by atoms with Crippen molar-refractivity contribution in [2.24, 2.45) is 0 Å². The van der Waals surface area contributed by atoms with Crippen LogP contribution < -0.4 is 0 Å². The zero-order valence-electron chi connectivity index (χ0n) is 21.7. The molecule has 0 fully saturated rings. The molecule has 0 amide bonds. The summed E-state index contributed by atoms with van der Waals surface area (Å²) in [5.41, 5.74) is 0.0512. The number of aliphatic hydroxyl groups is 3. The number of hydrogen-bond donors (Lipinski definition) is 3. The van der Waals surface area contributed by atoms with Crippen molar-refractivity contribution in [1.82, 2.24) is 0 Å². The lowest BCUT2D eigenvalue weighted by Crippen LogP contribution is -2.31. The van der Waals surface area contributed by atoms with Gasteiger partial charge in [-0.3, -0.25) is 9.59 Å². The van der Waals surface area contributed by atoms with Gasteiger partial charge in [-0.1, -0.05) is 56.5 Å². The Morgan fingerprint density at radius 1 is 0.694 bits per heavy atom. The molecule has 0 atom stereocenters. The molecule has 7 nitrogen and oxygen atoms in total. The summed E-state index contributed by atoms with van der Waals surface area (Å²) in [6, 6.07) is 14.1. The molecule has 0 saturated carbocycles. The van der Waals surface area contributed by atoms with E-state index in [1.165, 1.54) is 27.7 Å². The number of ketones is 2. The number of benzene rings is 2. The molecule has 0 bridgehead atoms. The predicted molar refractivity (Wildman–Crippen MR) is 142 cm³/mol. The Morgan fingerprint density at radius 2 is 1.06 bits per heavy atom. The van der Waals surface area contributed by atoms with Gasteiger partial charge in [-0.05, 0) is 57.3 Å². The molecule has 0 heterocycles. The minimum atomic E-state index is -1.39. The number of ether oxygens (including phenoxy) is 2. The van der Waals surface area contributed by atoms with Crippen LogP contribution in [0, 0.1) is 0 Å². The molecule has 36 heavy (non-hydrogen) atoms. The number of Topliss-reactive ketones (excluding diaryl/α,β-unsaturated/α-hetero) is 2. The fraction of sp³-hybridized carbons (Fsp3) is 0.500. The van der Waals surface area contributed by atoms with Crippen molar-refractivity contribution in [2.45, 2.75) is 52.1 Å². The average Bonchev–Trinajstić information content (AvgIpc) is 2.83. The molecule has 2 aromatic carbocycles. The van der Waals surface area contributed by atoms with Crippen LogP contribution in [0.2, 0.25) is 0 Å². The van der Waals surface area contributed by atoms with Crippen molar-refractivity contribution in [2.75, 3.05) is 38.3 Å². The third-order valence-electron chi connectivity index (χ3n) is 5.60. The molecule has 0 aliphatic rings. The van der Waals surface area contributed by atoms with Gasteiger partial charge in [0.05, 0.1) is 26.4 Å². The molecular formula is C28H39O7P. The Labute approximate surface area is 215 Å². The first kappa shape index (κ1) is 30.2. The van der Waals surface area contributed by atoms with Gasteiger partial charge in [-0.25, -0.2) is 0 Å². The van der Waals surface area contributed by atoms with E-state index in [1.54, 1.807) is 24.3 Å². The maximum atomic E-state index is 12.1. The summed E-state index contributed by atoms with van der Waals surface area (Å²) in [6.45, 7) is 8.05. The highest BCUT2D eigenvalue weighted by Gasteiger charge is 2.25. The summed E-state index contributed by atoms with van der Waals surface area (Å²) in [4.78, 5) is 24.2. The van der Waals surface area contributed by atoms with Crippen LogP contribution in [-0.4, -0.2) is 76.4 Å². The lowest BCUT2D eigenvalue weighted by Gasteiger charge is -2.17. The van der Waals surface area contributed by atoms with Crippen molar-refractivity contribution in [3.8, 4) is 0 Å². The minimum Gasteiger partial charge on any atom is -0.396 e. The first-order valence-electron chi connectivity index (χ1n) is 12.1. The third-order valence-corrected chi connectivity index (χ3v) is 8.06. The van der Waals surface area contributed by atoms with Gasteiger partial charge in [0.15, 0.2) is 11.6 Å². The normalized spacial score (nSPS) is 12.2. The topological polar surface area (TPSA) is 113 Å². The van der Waals surface area contributed by atoms with Crippen LogP contribution in [0.15, 0.2) is 48.5 Å². The average molecular weight is 519 g/mol. The SMILES string of the molecule is CC(C)(O)C(=O)c1ccc(COCCP(CCO)CCOCc2ccc(C(=O)C(C)(C)O)cc2)cc1. The molecule has 0 saturated heterocycles. The van der Waals surface area contributed by atoms with E-state index in [0.717, 1.165) is 29.6 Å². The molecule has 0 radical (unpaired) electrons. The van der Waals surface area contributed by atoms with Gasteiger partial charge in [0.2, 0.25) is 0 Å². The minimum absolute atomic E-state index is 0.138. The van der Waals surface area contributed by atoms with Crippen LogP contribution in [-0.2, 0) is 22.7 Å². The van der Waals surface area contributed by atoms with E-state index in [9.17, 15) is 24.9 Å². The monoisotopic (exact) mass is 518 g/mol. The Kier molecular flexibility index (Phi) is 11.8. The highest BCUT2D eigenvalue weighted by Crippen LogP contribution is 2.34. The van der Waals surface area contributed by atoms with Crippen LogP contribution in [0.1, 0.15) is 59.5 Å². The molecule has 0 aliphatic heterocycles. The zero-order valence-corrected chi connectivity index (χ0v) is 22.6. The Bertz CT molecular complexity index is 880. The fourth-order valence-corrected chi connectivity index (χ4v) is 5.18. The largest absolute Gasteiger partial charge is 0.396 e. The van der Waals surface area contributed by atoms with E-state index in [0.29, 0.717) is 37.6 Å². The highest BCUT2D eigenvalue weighted by molar-refractivity contribution is 7.57. The maximum Gasteiger partial charge on any atom is 0.193 e. The zero-order chi connectivity index (χ0) is 26.8. The summed E-state index contributed by atoms with van der Waals surface area (Å²) >= 11 is 0. The fourth-order valence-electron chi connectivity index (χ4n) is 3.46. The number of carbonyl (C=O) groups excluding carboxylic acids is 2. The van der Waals surface area contributed by atoms with Gasteiger partial charge < -0.3 is 24.8 Å². The van der Waals surface area contributed by atoms with Gasteiger partial charge >= 0.3 is 0 Å². The second-order valence-electron chi connectivity index (χ2n) is 9.84. The molecule has 3 N–H and O–H groups in total. The van der Waals surface area contributed by atoms with Crippen molar-refractivity contribution in [3.63, 3.8) is 0 Å². The number of carbonyl (C=O) groups is 2. The van der Waals surface area contributed by atoms with E-state index in [1.807, 2.05) is 24.3 Å². The molecule has 0 unspecified atom stereocenters. The van der Waals surface area contributed by atoms with Crippen molar-refractivity contribution < 1.29 is 34.4 Å². The summed E-state index contributed by atoms with van der Waals surface area (Å²) < 4.78 is 11.6. The van der Waals surface area contributed by atoms with Crippen LogP contribution in [0.25, 0.3) is 0 Å². The predicted octanol–water partition coefficient (Wildman–Crippen LogP) is 3.80. The quantitative estimate of drug-likeness (QED) is 0.176. The molecular weight excluding hydrogens is 479 g/mol. The van der Waals surface area contributed by atoms with E-state index in [-0.39, 0.29) is 18.2 Å². The van der Waals surface area contributed by atoms with Crippen molar-refractivity contribution in [1.29, 1.82) is 0 Å². The smallest absolute Gasteiger partial charge is 0.193 e. The first-order chi connectivity index (χ1) is 16.9. The first-order valence-corrected chi connectivity index (χ1v) is 14.0. The van der Waals surface area contributed by atoms with Gasteiger partial charge in [0, 0.05) is 17.7 Å². The lowest BCUT2D eigenvalue weighted by atomic mass is 9.96. The van der Waals surface area contributed by atoms with Crippen LogP contribution in [0.5, 0.6) is 0 Å². The van der Waals surface area contributed by atoms with E-state index in [2.05, 4.69) is 0 Å². The Morgan fingerprint density at radius 3 is 1.36 bits per heavy atom. The summed E-state index contributed by atoms with van der Waals surface area (Å²) in [5, 5.41) is 29.1. The lowest BCUT2D eigenvalue weighted by molar-refractivity contribution is 0.0487. The summed E-state index contributed by atoms with van der Waals surface area (Å²) in [7, 11) is -0.420. The van der Waals surface area contributed by atoms with Crippen LogP contribution >= 0.6 is 7.92 Å². The summed E-state index contributed by atoms with van der Waals surface area (Å²) in [6.07, 6.45) is 2.47. The molecule has 198 valence electrons. The molecule has 0 spiro atoms. The Hall–Kier alpha value is -1.99. The number of aliphatic hydroxyl groups excluding tert-OH is 1. The third kappa shape index (κ3) is 10.2. The highest BCUT2D eigenvalue weighted by atomic mass is 31.1. The van der Waals surface area contributed by atoms with E-state index >= 15 is 0 Å². The maximum absolute atomic E-state index is 12.1. The second-order valence-corrected chi connectivity index (χ2v) is 12.5. The number of hydrogen-bond acceptors (Lipinski definition) is 7.